The number of halogens is 1. The summed E-state index contributed by atoms with van der Waals surface area (Å²) >= 11 is 6.68. The average Bonchev–Trinajstić information content (AvgIpc) is 3.76. The van der Waals surface area contributed by atoms with E-state index in [9.17, 15) is 34.5 Å². The molecule has 49 heavy (non-hydrogen) atoms. The van der Waals surface area contributed by atoms with Gasteiger partial charge in [0.2, 0.25) is 11.8 Å². The topological polar surface area (TPSA) is 178 Å². The van der Waals surface area contributed by atoms with Gasteiger partial charge in [-0.3, -0.25) is 14.9 Å². The first-order chi connectivity index (χ1) is 23.0. The highest BCUT2D eigenvalue weighted by Crippen LogP contribution is 2.49. The first-order valence-corrected chi connectivity index (χ1v) is 16.9. The van der Waals surface area contributed by atoms with Crippen LogP contribution in [0, 0.1) is 11.8 Å². The molecule has 3 aliphatic rings. The third-order valence-corrected chi connectivity index (χ3v) is 10.5. The van der Waals surface area contributed by atoms with Gasteiger partial charge in [-0.1, -0.05) is 55.3 Å². The predicted molar refractivity (Wildman–Crippen MR) is 180 cm³/mol. The number of nitrogens with one attached hydrogen (secondary N) is 1. The number of nitrogens with zero attached hydrogens (tertiary/aromatic N) is 2. The highest BCUT2D eigenvalue weighted by molar-refractivity contribution is 6.34. The van der Waals surface area contributed by atoms with Crippen LogP contribution in [0.1, 0.15) is 65.0 Å². The Balaban J connectivity index is 1.79. The average molecular weight is 706 g/mol. The van der Waals surface area contributed by atoms with E-state index >= 15 is 0 Å². The first-order valence-electron chi connectivity index (χ1n) is 16.5. The lowest BCUT2D eigenvalue weighted by Crippen LogP contribution is -2.62. The van der Waals surface area contributed by atoms with Crippen LogP contribution >= 0.6 is 11.6 Å². The lowest BCUT2D eigenvalue weighted by molar-refractivity contribution is -0.161. The van der Waals surface area contributed by atoms with Crippen LogP contribution in [0.2, 0.25) is 5.02 Å². The van der Waals surface area contributed by atoms with Crippen molar-refractivity contribution in [3.8, 4) is 0 Å². The Kier molecular flexibility index (Phi) is 11.9. The highest BCUT2D eigenvalue weighted by atomic mass is 35.5. The van der Waals surface area contributed by atoms with Crippen LogP contribution in [0.25, 0.3) is 0 Å². The maximum absolute atomic E-state index is 14.0. The monoisotopic (exact) mass is 705 g/mol. The minimum Gasteiger partial charge on any atom is -0.457 e. The third kappa shape index (κ3) is 8.12. The number of likely N-dealkylation sites (N-methyl/N-ethyl adjacent to an activating group) is 1. The molecule has 0 radical (unpaired) electrons. The minimum absolute atomic E-state index is 0.0878. The number of epoxide rings is 1. The fourth-order valence-electron chi connectivity index (χ4n) is 6.56. The van der Waals surface area contributed by atoms with E-state index in [0.29, 0.717) is 17.7 Å². The summed E-state index contributed by atoms with van der Waals surface area (Å²) in [6.45, 7) is 7.70. The fraction of sp³-hybridized carbons (Fsp3) is 0.600. The molecule has 8 atom stereocenters. The van der Waals surface area contributed by atoms with Crippen LogP contribution in [-0.4, -0.2) is 100 Å². The Morgan fingerprint density at radius 3 is 2.59 bits per heavy atom. The number of alkyl carbamates (subject to hydrolysis) is 1. The van der Waals surface area contributed by atoms with Crippen molar-refractivity contribution in [3.63, 3.8) is 0 Å². The number of esters is 1. The van der Waals surface area contributed by atoms with Gasteiger partial charge in [0.25, 0.3) is 0 Å². The van der Waals surface area contributed by atoms with Crippen LogP contribution < -0.4 is 10.2 Å². The van der Waals surface area contributed by atoms with Crippen LogP contribution in [0.4, 0.5) is 10.5 Å². The summed E-state index contributed by atoms with van der Waals surface area (Å²) in [4.78, 5) is 55.2. The van der Waals surface area contributed by atoms with Gasteiger partial charge in [-0.2, -0.15) is 0 Å². The van der Waals surface area contributed by atoms with E-state index in [1.807, 2.05) is 6.92 Å². The molecule has 270 valence electrons. The molecule has 14 heteroatoms. The number of carbonyl (C=O) groups excluding carboxylic acids is 4. The molecule has 3 heterocycles. The molecule has 0 aliphatic carbocycles. The van der Waals surface area contributed by atoms with Gasteiger partial charge in [0.05, 0.1) is 36.4 Å². The van der Waals surface area contributed by atoms with Crippen molar-refractivity contribution in [2.24, 2.45) is 11.8 Å². The largest absolute Gasteiger partial charge is 0.457 e. The summed E-state index contributed by atoms with van der Waals surface area (Å²) in [5, 5.41) is 34.6. The number of ether oxygens (including phenoxy) is 3. The maximum Gasteiger partial charge on any atom is 0.409 e. The zero-order valence-electron chi connectivity index (χ0n) is 29.1. The predicted octanol–water partition coefficient (Wildman–Crippen LogP) is 3.00. The number of carbonyl (C=O) groups is 4. The number of benzene rings is 1. The summed E-state index contributed by atoms with van der Waals surface area (Å²) in [7, 11) is 3.03. The molecular weight excluding hydrogens is 658 g/mol. The number of allylic oxidation sites excluding steroid dienone is 3. The molecule has 0 spiro atoms. The molecule has 3 aliphatic heterocycles. The SMILES string of the molecule is CCC(=O)N(C)[C@H](C)C(=O)O[C@H]1CC(=O)N(C)c2cc(cc(CO)c2Cl)C/C(C)=C/C=C/[C@@H](CO)[C@@]2(O)C[C@H](OC(=O)N2)[C@@H](C)[C@@H]2O[C@@]12C. The number of hydrogen-bond acceptors (Lipinski definition) is 10. The lowest BCUT2D eigenvalue weighted by Gasteiger charge is -2.42. The molecule has 0 unspecified atom stereocenters. The second-order valence-corrected chi connectivity index (χ2v) is 13.9. The number of fused-ring (bicyclic) bond motifs is 5. The quantitative estimate of drug-likeness (QED) is 0.254. The summed E-state index contributed by atoms with van der Waals surface area (Å²) in [6, 6.07) is 2.53. The molecule has 1 aromatic carbocycles. The highest BCUT2D eigenvalue weighted by Gasteiger charge is 2.64. The molecule has 3 amide bonds. The Morgan fingerprint density at radius 1 is 1.27 bits per heavy atom. The van der Waals surface area contributed by atoms with Crippen molar-refractivity contribution in [2.75, 3.05) is 25.6 Å². The number of rotatable bonds is 6. The lowest BCUT2D eigenvalue weighted by atomic mass is 9.81. The van der Waals surface area contributed by atoms with Crippen molar-refractivity contribution in [1.82, 2.24) is 10.2 Å². The normalized spacial score (nSPS) is 32.8. The van der Waals surface area contributed by atoms with Crippen molar-refractivity contribution in [3.05, 3.63) is 52.1 Å². The molecular formula is C35H48ClN3O10. The summed E-state index contributed by atoms with van der Waals surface area (Å²) in [5.74, 6) is -2.91. The van der Waals surface area contributed by atoms with Gasteiger partial charge >= 0.3 is 12.1 Å². The van der Waals surface area contributed by atoms with Gasteiger partial charge < -0.3 is 39.3 Å². The molecule has 4 rings (SSSR count). The molecule has 4 bridgehead atoms. The summed E-state index contributed by atoms with van der Waals surface area (Å²) < 4.78 is 17.8. The number of aliphatic hydroxyl groups is 3. The van der Waals surface area contributed by atoms with Crippen molar-refractivity contribution >= 4 is 41.2 Å². The maximum atomic E-state index is 14.0. The van der Waals surface area contributed by atoms with E-state index in [2.05, 4.69) is 5.32 Å². The Morgan fingerprint density at radius 2 is 1.96 bits per heavy atom. The third-order valence-electron chi connectivity index (χ3n) is 10.0. The van der Waals surface area contributed by atoms with Crippen molar-refractivity contribution in [2.45, 2.75) is 103 Å². The second-order valence-electron chi connectivity index (χ2n) is 13.5. The molecule has 0 aromatic heterocycles. The molecule has 2 saturated heterocycles. The van der Waals surface area contributed by atoms with E-state index in [0.717, 1.165) is 11.1 Å². The van der Waals surface area contributed by atoms with Gasteiger partial charge in [-0.25, -0.2) is 9.59 Å². The minimum atomic E-state index is -1.85. The smallest absolute Gasteiger partial charge is 0.409 e. The molecule has 1 aromatic rings. The van der Waals surface area contributed by atoms with E-state index in [-0.39, 0.29) is 36.8 Å². The molecule has 13 nitrogen and oxygen atoms in total. The number of amides is 3. The first kappa shape index (κ1) is 38.3. The van der Waals surface area contributed by atoms with Crippen LogP contribution in [0.15, 0.2) is 35.9 Å². The Labute approximate surface area is 291 Å². The van der Waals surface area contributed by atoms with Gasteiger partial charge in [-0.15, -0.1) is 0 Å². The van der Waals surface area contributed by atoms with Crippen LogP contribution in [0.5, 0.6) is 0 Å². The van der Waals surface area contributed by atoms with E-state index in [1.165, 1.54) is 30.8 Å². The molecule has 4 N–H and O–H groups in total. The Bertz CT molecular complexity index is 1520. The number of anilines is 1. The van der Waals surface area contributed by atoms with Gasteiger partial charge in [0.15, 0.2) is 5.72 Å². The molecule has 2 fully saturated rings. The van der Waals surface area contributed by atoms with Crippen molar-refractivity contribution < 1.29 is 48.7 Å². The van der Waals surface area contributed by atoms with Crippen LogP contribution in [-0.2, 0) is 41.6 Å². The number of aliphatic hydroxyl groups excluding tert-OH is 2. The van der Waals surface area contributed by atoms with E-state index < -0.39 is 72.1 Å². The zero-order chi connectivity index (χ0) is 36.4. The van der Waals surface area contributed by atoms with Gasteiger partial charge in [0, 0.05) is 38.8 Å². The van der Waals surface area contributed by atoms with Gasteiger partial charge in [-0.05, 0) is 44.4 Å². The Hall–Kier alpha value is -3.49. The second kappa shape index (κ2) is 15.2. The summed E-state index contributed by atoms with van der Waals surface area (Å²) in [5.41, 5.74) is -0.678. The standard InChI is InChI=1S/C35H48ClN3O10/c1-8-28(42)38(6)21(4)32(44)48-27-15-29(43)39(7)25-14-22(13-23(17-40)30(25)36)12-19(2)10-9-11-24(18-41)35(46)16-26(47-33(45)37-35)20(3)31-34(27,5)49-31/h9-11,13-14,20-21,24,26-27,31,40-41,46H,8,12,15-18H2,1-7H3,(H,37,45)/b11-9+,19-10+/t20-,21-,24+,26+,27+,31+,34+,35+/m1/s1. The van der Waals surface area contributed by atoms with E-state index in [4.69, 9.17) is 25.8 Å². The number of hydrogen-bond donors (Lipinski definition) is 4. The zero-order valence-corrected chi connectivity index (χ0v) is 29.8. The molecule has 0 saturated carbocycles. The summed E-state index contributed by atoms with van der Waals surface area (Å²) in [6.07, 6.45) is 1.71. The van der Waals surface area contributed by atoms with E-state index in [1.54, 1.807) is 51.1 Å². The fourth-order valence-corrected chi connectivity index (χ4v) is 6.85. The van der Waals surface area contributed by atoms with Crippen molar-refractivity contribution in [1.29, 1.82) is 0 Å². The van der Waals surface area contributed by atoms with Gasteiger partial charge in [0.1, 0.15) is 23.9 Å². The van der Waals surface area contributed by atoms with Crippen LogP contribution in [0.3, 0.4) is 0 Å².